The summed E-state index contributed by atoms with van der Waals surface area (Å²) >= 11 is 2.08. The maximum Gasteiger partial charge on any atom is 0.00753 e. The van der Waals surface area contributed by atoms with Gasteiger partial charge in [-0.2, -0.15) is 11.8 Å². The van der Waals surface area contributed by atoms with Crippen LogP contribution < -0.4 is 5.32 Å². The molecular formula is C10H21NS. The first-order valence-corrected chi connectivity index (χ1v) is 5.94. The van der Waals surface area contributed by atoms with Gasteiger partial charge >= 0.3 is 0 Å². The summed E-state index contributed by atoms with van der Waals surface area (Å²) < 4.78 is 0.443. The summed E-state index contributed by atoms with van der Waals surface area (Å²) in [7, 11) is 0. The van der Waals surface area contributed by atoms with Crippen LogP contribution in [0.3, 0.4) is 0 Å². The fraction of sp³-hybridized carbons (Fsp3) is 1.00. The highest BCUT2D eigenvalue weighted by Gasteiger charge is 2.15. The Kier molecular flexibility index (Phi) is 3.91. The lowest BCUT2D eigenvalue weighted by molar-refractivity contribution is 0.590. The Bertz CT molecular complexity index is 122. The molecule has 0 aromatic heterocycles. The van der Waals surface area contributed by atoms with E-state index in [4.69, 9.17) is 0 Å². The minimum Gasteiger partial charge on any atom is -0.314 e. The quantitative estimate of drug-likeness (QED) is 0.729. The third-order valence-corrected chi connectivity index (χ3v) is 3.47. The van der Waals surface area contributed by atoms with E-state index in [1.807, 2.05) is 0 Å². The van der Waals surface area contributed by atoms with Gasteiger partial charge in [0.2, 0.25) is 0 Å². The van der Waals surface area contributed by atoms with Crippen LogP contribution in [-0.4, -0.2) is 23.1 Å². The van der Waals surface area contributed by atoms with Gasteiger partial charge in [0.15, 0.2) is 0 Å². The fourth-order valence-electron chi connectivity index (χ4n) is 1.51. The molecule has 1 aliphatic rings. The molecule has 0 radical (unpaired) electrons. The van der Waals surface area contributed by atoms with Crippen molar-refractivity contribution in [2.75, 3.05) is 12.3 Å². The van der Waals surface area contributed by atoms with Crippen LogP contribution in [-0.2, 0) is 0 Å². The molecule has 0 saturated carbocycles. The predicted octanol–water partition coefficient (Wildman–Crippen LogP) is 2.66. The number of nitrogens with one attached hydrogen (secondary N) is 1. The Labute approximate surface area is 80.7 Å². The highest BCUT2D eigenvalue weighted by Crippen LogP contribution is 2.25. The van der Waals surface area contributed by atoms with Crippen molar-refractivity contribution >= 4 is 11.8 Å². The fourth-order valence-corrected chi connectivity index (χ4v) is 2.53. The van der Waals surface area contributed by atoms with Crippen LogP contribution in [0.25, 0.3) is 0 Å². The van der Waals surface area contributed by atoms with Gasteiger partial charge in [0, 0.05) is 10.8 Å². The van der Waals surface area contributed by atoms with E-state index < -0.39 is 0 Å². The van der Waals surface area contributed by atoms with E-state index in [-0.39, 0.29) is 0 Å². The van der Waals surface area contributed by atoms with Gasteiger partial charge < -0.3 is 5.32 Å². The summed E-state index contributed by atoms with van der Waals surface area (Å²) in [6.45, 7) is 8.12. The molecule has 0 aromatic carbocycles. The lowest BCUT2D eigenvalue weighted by atomic mass is 10.2. The molecule has 0 aliphatic carbocycles. The molecule has 1 heterocycles. The minimum atomic E-state index is 0.443. The smallest absolute Gasteiger partial charge is 0.00753 e. The lowest BCUT2D eigenvalue weighted by Crippen LogP contribution is -2.22. The average molecular weight is 187 g/mol. The maximum absolute atomic E-state index is 3.53. The van der Waals surface area contributed by atoms with E-state index in [2.05, 4.69) is 37.8 Å². The first-order chi connectivity index (χ1) is 5.58. The first-order valence-electron chi connectivity index (χ1n) is 4.95. The van der Waals surface area contributed by atoms with Crippen LogP contribution in [0.5, 0.6) is 0 Å². The lowest BCUT2D eigenvalue weighted by Gasteiger charge is -2.18. The average Bonchev–Trinajstić information content (AvgIpc) is 2.36. The number of rotatable bonds is 3. The highest BCUT2D eigenvalue weighted by atomic mass is 32.2. The number of hydrogen-bond donors (Lipinski definition) is 1. The van der Waals surface area contributed by atoms with Crippen molar-refractivity contribution in [2.24, 2.45) is 0 Å². The molecule has 2 heteroatoms. The van der Waals surface area contributed by atoms with Gasteiger partial charge in [-0.3, -0.25) is 0 Å². The zero-order chi connectivity index (χ0) is 9.03. The molecule has 1 nitrogen and oxygen atoms in total. The molecule has 1 aliphatic heterocycles. The monoisotopic (exact) mass is 187 g/mol. The van der Waals surface area contributed by atoms with E-state index in [0.29, 0.717) is 4.75 Å². The molecule has 0 unspecified atom stereocenters. The number of thioether (sulfide) groups is 1. The Morgan fingerprint density at radius 2 is 2.17 bits per heavy atom. The van der Waals surface area contributed by atoms with Crippen LogP contribution in [0.15, 0.2) is 0 Å². The third kappa shape index (κ3) is 4.36. The standard InChI is InChI=1S/C10H21NS/c1-10(2,3)12-8-6-9-5-4-7-11-9/h9,11H,4-8H2,1-3H3/t9-/m0/s1. The summed E-state index contributed by atoms with van der Waals surface area (Å²) in [4.78, 5) is 0. The van der Waals surface area contributed by atoms with Crippen molar-refractivity contribution in [3.63, 3.8) is 0 Å². The van der Waals surface area contributed by atoms with Crippen molar-refractivity contribution in [2.45, 2.75) is 50.8 Å². The Balaban J connectivity index is 2.02. The van der Waals surface area contributed by atoms with E-state index in [1.165, 1.54) is 31.6 Å². The van der Waals surface area contributed by atoms with Crippen molar-refractivity contribution in [3.8, 4) is 0 Å². The van der Waals surface area contributed by atoms with Crippen LogP contribution in [0, 0.1) is 0 Å². The normalized spacial score (nSPS) is 24.8. The van der Waals surface area contributed by atoms with Gasteiger partial charge in [-0.1, -0.05) is 20.8 Å². The molecule has 0 amide bonds. The second-order valence-electron chi connectivity index (χ2n) is 4.54. The summed E-state index contributed by atoms with van der Waals surface area (Å²) in [5.41, 5.74) is 0. The van der Waals surface area contributed by atoms with Crippen LogP contribution in [0.4, 0.5) is 0 Å². The molecule has 12 heavy (non-hydrogen) atoms. The maximum atomic E-state index is 3.53. The summed E-state index contributed by atoms with van der Waals surface area (Å²) in [5.74, 6) is 1.31. The van der Waals surface area contributed by atoms with E-state index >= 15 is 0 Å². The largest absolute Gasteiger partial charge is 0.314 e. The van der Waals surface area contributed by atoms with Crippen molar-refractivity contribution in [3.05, 3.63) is 0 Å². The van der Waals surface area contributed by atoms with Gasteiger partial charge in [-0.05, 0) is 31.6 Å². The van der Waals surface area contributed by atoms with E-state index in [0.717, 1.165) is 6.04 Å². The third-order valence-electron chi connectivity index (χ3n) is 2.16. The summed E-state index contributed by atoms with van der Waals surface area (Å²) in [6, 6.07) is 0.819. The summed E-state index contributed by atoms with van der Waals surface area (Å²) in [6.07, 6.45) is 4.12. The van der Waals surface area contributed by atoms with Gasteiger partial charge in [0.25, 0.3) is 0 Å². The Morgan fingerprint density at radius 3 is 2.67 bits per heavy atom. The Morgan fingerprint density at radius 1 is 1.42 bits per heavy atom. The zero-order valence-corrected chi connectivity index (χ0v) is 9.34. The first kappa shape index (κ1) is 10.4. The number of hydrogen-bond acceptors (Lipinski definition) is 2. The molecule has 0 bridgehead atoms. The molecule has 0 aromatic rings. The van der Waals surface area contributed by atoms with Gasteiger partial charge in [-0.15, -0.1) is 0 Å². The molecule has 1 atom stereocenters. The second kappa shape index (κ2) is 4.52. The van der Waals surface area contributed by atoms with Crippen molar-refractivity contribution in [1.29, 1.82) is 0 Å². The Hall–Kier alpha value is 0.310. The molecule has 0 spiro atoms. The topological polar surface area (TPSA) is 12.0 Å². The molecule has 1 fully saturated rings. The van der Waals surface area contributed by atoms with Crippen LogP contribution in [0.1, 0.15) is 40.0 Å². The van der Waals surface area contributed by atoms with Crippen LogP contribution >= 0.6 is 11.8 Å². The highest BCUT2D eigenvalue weighted by molar-refractivity contribution is 8.00. The van der Waals surface area contributed by atoms with Gasteiger partial charge in [0.05, 0.1) is 0 Å². The SMILES string of the molecule is CC(C)(C)SCC[C@@H]1CCCN1. The van der Waals surface area contributed by atoms with Crippen molar-refractivity contribution in [1.82, 2.24) is 5.32 Å². The second-order valence-corrected chi connectivity index (χ2v) is 6.46. The van der Waals surface area contributed by atoms with Gasteiger partial charge in [-0.25, -0.2) is 0 Å². The molecule has 1 saturated heterocycles. The summed E-state index contributed by atoms with van der Waals surface area (Å²) in [5, 5.41) is 3.53. The molecule has 1 N–H and O–H groups in total. The van der Waals surface area contributed by atoms with Gasteiger partial charge in [0.1, 0.15) is 0 Å². The molecule has 1 rings (SSSR count). The van der Waals surface area contributed by atoms with Crippen molar-refractivity contribution < 1.29 is 0 Å². The van der Waals surface area contributed by atoms with E-state index in [1.54, 1.807) is 0 Å². The van der Waals surface area contributed by atoms with Crippen LogP contribution in [0.2, 0.25) is 0 Å². The zero-order valence-electron chi connectivity index (χ0n) is 8.52. The minimum absolute atomic E-state index is 0.443. The van der Waals surface area contributed by atoms with E-state index in [9.17, 15) is 0 Å². The molecule has 72 valence electrons. The predicted molar refractivity (Wildman–Crippen MR) is 57.9 cm³/mol. The molecular weight excluding hydrogens is 166 g/mol.